The highest BCUT2D eigenvalue weighted by Gasteiger charge is 2.13. The molecule has 1 N–H and O–H groups in total. The van der Waals surface area contributed by atoms with Crippen molar-refractivity contribution in [2.24, 2.45) is 0 Å². The van der Waals surface area contributed by atoms with E-state index in [1.54, 1.807) is 24.3 Å². The second kappa shape index (κ2) is 9.58. The Morgan fingerprint density at radius 1 is 1.07 bits per heavy atom. The lowest BCUT2D eigenvalue weighted by Crippen LogP contribution is -2.14. The molecule has 3 aromatic rings. The van der Waals surface area contributed by atoms with Crippen molar-refractivity contribution in [3.05, 3.63) is 71.0 Å². The minimum absolute atomic E-state index is 0.0844. The molecule has 0 unspecified atom stereocenters. The zero-order valence-electron chi connectivity index (χ0n) is 15.1. The molecule has 27 heavy (non-hydrogen) atoms. The molecular weight excluding hydrogens is 380 g/mol. The van der Waals surface area contributed by atoms with Gasteiger partial charge in [-0.3, -0.25) is 4.79 Å². The number of hydrogen-bond acceptors (Lipinski definition) is 4. The minimum atomic E-state index is -0.0844. The molecule has 0 saturated heterocycles. The Hall–Kier alpha value is -2.31. The average molecular weight is 401 g/mol. The van der Waals surface area contributed by atoms with Crippen molar-refractivity contribution in [2.75, 3.05) is 11.1 Å². The lowest BCUT2D eigenvalue weighted by molar-refractivity contribution is -0.113. The van der Waals surface area contributed by atoms with E-state index in [-0.39, 0.29) is 11.7 Å². The molecule has 0 radical (unpaired) electrons. The molecule has 3 rings (SSSR count). The molecule has 7 heteroatoms. The summed E-state index contributed by atoms with van der Waals surface area (Å²) in [7, 11) is 0. The van der Waals surface area contributed by atoms with Gasteiger partial charge in [0.1, 0.15) is 5.82 Å². The van der Waals surface area contributed by atoms with E-state index in [9.17, 15) is 4.79 Å². The second-order valence-corrected chi connectivity index (χ2v) is 7.35. The maximum atomic E-state index is 12.2. The van der Waals surface area contributed by atoms with Gasteiger partial charge in [-0.15, -0.1) is 10.2 Å². The van der Waals surface area contributed by atoms with Gasteiger partial charge in [0.2, 0.25) is 5.91 Å². The topological polar surface area (TPSA) is 59.8 Å². The third-order valence-electron chi connectivity index (χ3n) is 4.05. The van der Waals surface area contributed by atoms with Crippen molar-refractivity contribution in [1.82, 2.24) is 14.8 Å². The molecule has 0 saturated carbocycles. The smallest absolute Gasteiger partial charge is 0.234 e. The fraction of sp³-hybridized carbons (Fsp3) is 0.250. The number of carbonyl (C=O) groups excluding carboxylic acids is 1. The van der Waals surface area contributed by atoms with Crippen LogP contribution in [0.25, 0.3) is 0 Å². The zero-order chi connectivity index (χ0) is 19.1. The van der Waals surface area contributed by atoms with E-state index in [1.165, 1.54) is 17.3 Å². The molecule has 140 valence electrons. The normalized spacial score (nSPS) is 10.7. The number of hydrogen-bond donors (Lipinski definition) is 1. The Balaban J connectivity index is 1.56. The number of nitrogens with zero attached hydrogens (tertiary/aromatic N) is 3. The maximum Gasteiger partial charge on any atom is 0.234 e. The predicted octanol–water partition coefficient (Wildman–Crippen LogP) is 4.47. The van der Waals surface area contributed by atoms with Gasteiger partial charge in [-0.2, -0.15) is 0 Å². The van der Waals surface area contributed by atoms with Crippen LogP contribution in [0.15, 0.2) is 59.8 Å². The van der Waals surface area contributed by atoms with E-state index in [2.05, 4.69) is 39.1 Å². The van der Waals surface area contributed by atoms with Crippen LogP contribution in [-0.4, -0.2) is 26.4 Å². The highest BCUT2D eigenvalue weighted by atomic mass is 35.5. The van der Waals surface area contributed by atoms with Crippen LogP contribution in [0, 0.1) is 0 Å². The minimum Gasteiger partial charge on any atom is -0.325 e. The average Bonchev–Trinajstić information content (AvgIpc) is 3.09. The van der Waals surface area contributed by atoms with Crippen LogP contribution in [-0.2, 0) is 24.2 Å². The zero-order valence-corrected chi connectivity index (χ0v) is 16.6. The molecule has 5 nitrogen and oxygen atoms in total. The van der Waals surface area contributed by atoms with Gasteiger partial charge in [-0.25, -0.2) is 0 Å². The van der Waals surface area contributed by atoms with E-state index in [4.69, 9.17) is 11.6 Å². The number of nitrogens with one attached hydrogen (secondary N) is 1. The van der Waals surface area contributed by atoms with Crippen LogP contribution < -0.4 is 5.32 Å². The molecule has 0 atom stereocenters. The Bertz CT molecular complexity index is 881. The van der Waals surface area contributed by atoms with Crippen molar-refractivity contribution in [2.45, 2.75) is 31.5 Å². The molecule has 1 amide bonds. The van der Waals surface area contributed by atoms with Crippen molar-refractivity contribution in [3.63, 3.8) is 0 Å². The van der Waals surface area contributed by atoms with Crippen LogP contribution in [0.1, 0.15) is 18.3 Å². The first-order valence-corrected chi connectivity index (χ1v) is 10.2. The van der Waals surface area contributed by atoms with Gasteiger partial charge in [0.25, 0.3) is 0 Å². The third kappa shape index (κ3) is 5.58. The highest BCUT2D eigenvalue weighted by Crippen LogP contribution is 2.19. The van der Waals surface area contributed by atoms with E-state index >= 15 is 0 Å². The highest BCUT2D eigenvalue weighted by molar-refractivity contribution is 7.99. The van der Waals surface area contributed by atoms with Crippen LogP contribution >= 0.6 is 23.4 Å². The Labute approximate surface area is 168 Å². The predicted molar refractivity (Wildman–Crippen MR) is 110 cm³/mol. The van der Waals surface area contributed by atoms with Crippen LogP contribution in [0.5, 0.6) is 0 Å². The Morgan fingerprint density at radius 3 is 2.52 bits per heavy atom. The van der Waals surface area contributed by atoms with Crippen molar-refractivity contribution in [1.29, 1.82) is 0 Å². The van der Waals surface area contributed by atoms with Crippen LogP contribution in [0.2, 0.25) is 5.02 Å². The third-order valence-corrected chi connectivity index (χ3v) is 5.27. The van der Waals surface area contributed by atoms with E-state index in [0.717, 1.165) is 36.1 Å². The largest absolute Gasteiger partial charge is 0.325 e. The fourth-order valence-electron chi connectivity index (χ4n) is 2.69. The number of aromatic nitrogens is 3. The van der Waals surface area contributed by atoms with Gasteiger partial charge in [-0.1, -0.05) is 53.7 Å². The summed E-state index contributed by atoms with van der Waals surface area (Å²) in [6.07, 6.45) is 1.74. The Kier molecular flexibility index (Phi) is 6.90. The summed E-state index contributed by atoms with van der Waals surface area (Å²) in [5.74, 6) is 1.14. The number of halogens is 1. The van der Waals surface area contributed by atoms with Crippen molar-refractivity contribution < 1.29 is 4.79 Å². The molecule has 0 aliphatic rings. The number of rotatable bonds is 8. The first-order valence-electron chi connectivity index (χ1n) is 8.80. The SMILES string of the molecule is CCn1c(CCc2ccccc2)nnc1SCC(=O)Nc1ccc(Cl)cc1. The first-order chi connectivity index (χ1) is 13.2. The van der Waals surface area contributed by atoms with Gasteiger partial charge in [-0.05, 0) is 43.2 Å². The van der Waals surface area contributed by atoms with Gasteiger partial charge in [0, 0.05) is 23.7 Å². The molecule has 0 bridgehead atoms. The number of carbonyl (C=O) groups is 1. The van der Waals surface area contributed by atoms with Gasteiger partial charge in [0.15, 0.2) is 5.16 Å². The molecule has 1 aromatic heterocycles. The molecule has 0 spiro atoms. The number of anilines is 1. The van der Waals surface area contributed by atoms with Crippen LogP contribution in [0.3, 0.4) is 0 Å². The monoisotopic (exact) mass is 400 g/mol. The number of thioether (sulfide) groups is 1. The standard InChI is InChI=1S/C20H21ClN4OS/c1-2-25-18(13-8-15-6-4-3-5-7-15)23-24-20(25)27-14-19(26)22-17-11-9-16(21)10-12-17/h3-7,9-12H,2,8,13-14H2,1H3,(H,22,26). The fourth-order valence-corrected chi connectivity index (χ4v) is 3.64. The summed E-state index contributed by atoms with van der Waals surface area (Å²) >= 11 is 7.25. The number of aryl methyl sites for hydroxylation is 2. The van der Waals surface area contributed by atoms with Crippen molar-refractivity contribution >= 4 is 35.0 Å². The van der Waals surface area contributed by atoms with Crippen molar-refractivity contribution in [3.8, 4) is 0 Å². The molecular formula is C20H21ClN4OS. The summed E-state index contributed by atoms with van der Waals surface area (Å²) in [6.45, 7) is 2.84. The molecule has 1 heterocycles. The lowest BCUT2D eigenvalue weighted by atomic mass is 10.1. The molecule has 0 fully saturated rings. The first kappa shape index (κ1) is 19.5. The Morgan fingerprint density at radius 2 is 1.81 bits per heavy atom. The summed E-state index contributed by atoms with van der Waals surface area (Å²) in [6, 6.07) is 17.4. The molecule has 0 aliphatic heterocycles. The van der Waals surface area contributed by atoms with Gasteiger partial charge in [0.05, 0.1) is 5.75 Å². The van der Waals surface area contributed by atoms with E-state index < -0.39 is 0 Å². The van der Waals surface area contributed by atoms with E-state index in [1.807, 2.05) is 18.2 Å². The number of amides is 1. The summed E-state index contributed by atoms with van der Waals surface area (Å²) in [4.78, 5) is 12.2. The lowest BCUT2D eigenvalue weighted by Gasteiger charge is -2.08. The molecule has 2 aromatic carbocycles. The van der Waals surface area contributed by atoms with Gasteiger partial charge >= 0.3 is 0 Å². The summed E-state index contributed by atoms with van der Waals surface area (Å²) < 4.78 is 2.07. The second-order valence-electron chi connectivity index (χ2n) is 5.97. The summed E-state index contributed by atoms with van der Waals surface area (Å²) in [5.41, 5.74) is 2.00. The van der Waals surface area contributed by atoms with Gasteiger partial charge < -0.3 is 9.88 Å². The number of benzene rings is 2. The molecule has 0 aliphatic carbocycles. The van der Waals surface area contributed by atoms with E-state index in [0.29, 0.717) is 5.02 Å². The summed E-state index contributed by atoms with van der Waals surface area (Å²) in [5, 5.41) is 12.9. The quantitative estimate of drug-likeness (QED) is 0.567. The maximum absolute atomic E-state index is 12.2. The van der Waals surface area contributed by atoms with Crippen LogP contribution in [0.4, 0.5) is 5.69 Å².